The van der Waals surface area contributed by atoms with E-state index in [2.05, 4.69) is 19.9 Å². The molecule has 26 heavy (non-hydrogen) atoms. The molecule has 5 N–H and O–H groups in total. The summed E-state index contributed by atoms with van der Waals surface area (Å²) >= 11 is 6.04. The minimum absolute atomic E-state index is 0.0432. The molecule has 1 fully saturated rings. The van der Waals surface area contributed by atoms with Crippen molar-refractivity contribution in [3.63, 3.8) is 0 Å². The van der Waals surface area contributed by atoms with Crippen molar-refractivity contribution >= 4 is 28.5 Å². The minimum atomic E-state index is -0.579. The molecule has 136 valence electrons. The van der Waals surface area contributed by atoms with Gasteiger partial charge in [-0.3, -0.25) is 5.01 Å². The predicted molar refractivity (Wildman–Crippen MR) is 99.0 cm³/mol. The molecule has 0 bridgehead atoms. The van der Waals surface area contributed by atoms with Gasteiger partial charge in [0, 0.05) is 29.4 Å². The van der Waals surface area contributed by atoms with Crippen LogP contribution in [-0.2, 0) is 0 Å². The number of anilines is 1. The van der Waals surface area contributed by atoms with Gasteiger partial charge in [-0.15, -0.1) is 0 Å². The van der Waals surface area contributed by atoms with Crippen molar-refractivity contribution in [1.29, 1.82) is 0 Å². The van der Waals surface area contributed by atoms with Gasteiger partial charge in [-0.2, -0.15) is 0 Å². The van der Waals surface area contributed by atoms with Gasteiger partial charge in [0.2, 0.25) is 0 Å². The summed E-state index contributed by atoms with van der Waals surface area (Å²) in [5.74, 6) is 6.01. The Kier molecular flexibility index (Phi) is 4.47. The molecule has 3 aromatic rings. The smallest absolute Gasteiger partial charge is 0.185 e. The molecule has 0 saturated heterocycles. The van der Waals surface area contributed by atoms with Crippen LogP contribution in [0.1, 0.15) is 25.7 Å². The zero-order chi connectivity index (χ0) is 18.3. The zero-order valence-electron chi connectivity index (χ0n) is 14.0. The highest BCUT2D eigenvalue weighted by Crippen LogP contribution is 2.30. The van der Waals surface area contributed by atoms with Crippen LogP contribution in [0.25, 0.3) is 22.4 Å². The summed E-state index contributed by atoms with van der Waals surface area (Å²) in [4.78, 5) is 15.7. The second kappa shape index (κ2) is 6.79. The van der Waals surface area contributed by atoms with Crippen molar-refractivity contribution < 1.29 is 4.39 Å². The van der Waals surface area contributed by atoms with E-state index in [1.54, 1.807) is 18.5 Å². The molecule has 9 heteroatoms. The number of nitrogens with two attached hydrogens (primary N) is 2. The largest absolute Gasteiger partial charge is 0.345 e. The number of pyridine rings is 1. The van der Waals surface area contributed by atoms with Gasteiger partial charge in [0.25, 0.3) is 0 Å². The van der Waals surface area contributed by atoms with Crippen molar-refractivity contribution in [2.24, 2.45) is 11.6 Å². The van der Waals surface area contributed by atoms with Gasteiger partial charge < -0.3 is 10.7 Å². The number of H-pyrrole nitrogens is 1. The summed E-state index contributed by atoms with van der Waals surface area (Å²) in [6.07, 6.45) is 8.14. The zero-order valence-corrected chi connectivity index (χ0v) is 14.7. The van der Waals surface area contributed by atoms with Crippen LogP contribution in [0, 0.1) is 5.82 Å². The molecule has 1 aliphatic rings. The van der Waals surface area contributed by atoms with E-state index in [0.29, 0.717) is 22.1 Å². The highest BCUT2D eigenvalue weighted by Gasteiger charge is 2.29. The maximum absolute atomic E-state index is 14.4. The SMILES string of the molecule is NC1CCCCC1N(N)c1nc(-c2c[nH]c3ncc(Cl)cc23)ncc1F. The highest BCUT2D eigenvalue weighted by molar-refractivity contribution is 6.31. The van der Waals surface area contributed by atoms with Crippen LogP contribution < -0.4 is 16.6 Å². The third-order valence-corrected chi connectivity index (χ3v) is 5.05. The van der Waals surface area contributed by atoms with Crippen LogP contribution in [0.2, 0.25) is 5.02 Å². The van der Waals surface area contributed by atoms with E-state index < -0.39 is 5.82 Å². The Morgan fingerprint density at radius 1 is 1.23 bits per heavy atom. The topological polar surface area (TPSA) is 110 Å². The summed E-state index contributed by atoms with van der Waals surface area (Å²) in [6.45, 7) is 0. The van der Waals surface area contributed by atoms with E-state index in [-0.39, 0.29) is 17.9 Å². The Bertz CT molecular complexity index is 944. The van der Waals surface area contributed by atoms with Crippen LogP contribution in [0.5, 0.6) is 0 Å². The van der Waals surface area contributed by atoms with Crippen LogP contribution in [0.4, 0.5) is 10.2 Å². The number of halogens is 2. The van der Waals surface area contributed by atoms with Gasteiger partial charge in [0.05, 0.1) is 17.3 Å². The summed E-state index contributed by atoms with van der Waals surface area (Å²) in [7, 11) is 0. The molecular weight excluding hydrogens is 357 g/mol. The van der Waals surface area contributed by atoms with Gasteiger partial charge in [-0.1, -0.05) is 24.4 Å². The van der Waals surface area contributed by atoms with Gasteiger partial charge in [0.1, 0.15) is 5.65 Å². The second-order valence-electron chi connectivity index (χ2n) is 6.54. The predicted octanol–water partition coefficient (Wildman–Crippen LogP) is 2.76. The lowest BCUT2D eigenvalue weighted by Gasteiger charge is -2.36. The number of aromatic nitrogens is 4. The van der Waals surface area contributed by atoms with Gasteiger partial charge in [-0.05, 0) is 18.9 Å². The first kappa shape index (κ1) is 17.1. The summed E-state index contributed by atoms with van der Waals surface area (Å²) in [5.41, 5.74) is 7.50. The third-order valence-electron chi connectivity index (χ3n) is 4.85. The molecule has 1 saturated carbocycles. The van der Waals surface area contributed by atoms with Gasteiger partial charge in [0.15, 0.2) is 17.5 Å². The minimum Gasteiger partial charge on any atom is -0.345 e. The first-order valence-corrected chi connectivity index (χ1v) is 8.87. The highest BCUT2D eigenvalue weighted by atomic mass is 35.5. The van der Waals surface area contributed by atoms with Crippen LogP contribution in [-0.4, -0.2) is 32.0 Å². The molecule has 3 heterocycles. The summed E-state index contributed by atoms with van der Waals surface area (Å²) in [5, 5.41) is 2.60. The molecule has 2 atom stereocenters. The molecule has 1 aliphatic carbocycles. The van der Waals surface area contributed by atoms with Gasteiger partial charge in [-0.25, -0.2) is 25.2 Å². The monoisotopic (exact) mass is 375 g/mol. The molecule has 0 spiro atoms. The van der Waals surface area contributed by atoms with E-state index >= 15 is 0 Å². The Balaban J connectivity index is 1.75. The molecule has 0 amide bonds. The quantitative estimate of drug-likeness (QED) is 0.479. The normalized spacial score (nSPS) is 20.5. The van der Waals surface area contributed by atoms with Gasteiger partial charge >= 0.3 is 0 Å². The lowest BCUT2D eigenvalue weighted by Crippen LogP contribution is -2.53. The van der Waals surface area contributed by atoms with Crippen molar-refractivity contribution in [2.75, 3.05) is 5.01 Å². The molecule has 4 rings (SSSR count). The van der Waals surface area contributed by atoms with E-state index in [9.17, 15) is 4.39 Å². The van der Waals surface area contributed by atoms with Crippen LogP contribution >= 0.6 is 11.6 Å². The molecule has 7 nitrogen and oxygen atoms in total. The average Bonchev–Trinajstić information content (AvgIpc) is 3.05. The van der Waals surface area contributed by atoms with E-state index in [1.165, 1.54) is 5.01 Å². The van der Waals surface area contributed by atoms with Crippen LogP contribution in [0.3, 0.4) is 0 Å². The van der Waals surface area contributed by atoms with E-state index in [1.807, 2.05) is 0 Å². The van der Waals surface area contributed by atoms with Crippen molar-refractivity contribution in [3.05, 3.63) is 35.5 Å². The Morgan fingerprint density at radius 2 is 2.04 bits per heavy atom. The van der Waals surface area contributed by atoms with Crippen molar-refractivity contribution in [3.8, 4) is 11.4 Å². The maximum atomic E-state index is 14.4. The maximum Gasteiger partial charge on any atom is 0.185 e. The second-order valence-corrected chi connectivity index (χ2v) is 6.98. The Morgan fingerprint density at radius 3 is 2.85 bits per heavy atom. The number of nitrogens with zero attached hydrogens (tertiary/aromatic N) is 4. The third kappa shape index (κ3) is 3.00. The first-order valence-electron chi connectivity index (χ1n) is 8.49. The lowest BCUT2D eigenvalue weighted by molar-refractivity contribution is 0.361. The number of aromatic amines is 1. The molecule has 0 aliphatic heterocycles. The van der Waals surface area contributed by atoms with Crippen LogP contribution in [0.15, 0.2) is 24.7 Å². The fourth-order valence-electron chi connectivity index (χ4n) is 3.47. The fourth-order valence-corrected chi connectivity index (χ4v) is 3.63. The number of fused-ring (bicyclic) bond motifs is 1. The molecule has 0 aromatic carbocycles. The number of hydrogen-bond donors (Lipinski definition) is 3. The molecule has 2 unspecified atom stereocenters. The molecule has 3 aromatic heterocycles. The van der Waals surface area contributed by atoms with Crippen molar-refractivity contribution in [1.82, 2.24) is 19.9 Å². The summed E-state index contributed by atoms with van der Waals surface area (Å²) < 4.78 is 14.4. The fraction of sp³-hybridized carbons (Fsp3) is 0.353. The standard InChI is InChI=1S/C17H19ClFN7/c18-9-5-10-11(7-23-15(10)22-6-9)16-24-8-12(19)17(25-16)26(21)14-4-2-1-3-13(14)20/h5-8,13-14H,1-4,20-21H2,(H,22,23). The Hall–Kier alpha value is -2.29. The lowest BCUT2D eigenvalue weighted by atomic mass is 9.90. The summed E-state index contributed by atoms with van der Waals surface area (Å²) in [6, 6.07) is 1.50. The van der Waals surface area contributed by atoms with E-state index in [0.717, 1.165) is 37.3 Å². The average molecular weight is 376 g/mol. The molecule has 0 radical (unpaired) electrons. The van der Waals surface area contributed by atoms with Crippen molar-refractivity contribution in [2.45, 2.75) is 37.8 Å². The Labute approximate surface area is 154 Å². The number of hydrazine groups is 1. The van der Waals surface area contributed by atoms with E-state index in [4.69, 9.17) is 23.2 Å². The number of rotatable bonds is 3. The number of nitrogens with one attached hydrogen (secondary N) is 1. The number of hydrogen-bond acceptors (Lipinski definition) is 6. The first-order chi connectivity index (χ1) is 12.5. The molecular formula is C17H19ClFN7.